The Hall–Kier alpha value is -2.36. The molecule has 0 spiro atoms. The molecular weight excluding hydrogens is 350 g/mol. The SMILES string of the molecule is CN(C)Cc1ccc(C(=O)C2c3ccccc3CSc3ccccc32)cc1. The fourth-order valence-electron chi connectivity index (χ4n) is 3.71. The molecule has 0 saturated heterocycles. The van der Waals surface area contributed by atoms with E-state index in [1.165, 1.54) is 16.0 Å². The molecule has 1 aliphatic rings. The van der Waals surface area contributed by atoms with Gasteiger partial charge in [-0.05, 0) is 42.4 Å². The monoisotopic (exact) mass is 373 g/mol. The number of rotatable bonds is 4. The number of ketones is 1. The number of Topliss-reactive ketones (excluding diaryl/α,β-unsaturated/α-hetero) is 1. The maximum absolute atomic E-state index is 13.6. The number of benzene rings is 3. The minimum absolute atomic E-state index is 0.175. The van der Waals surface area contributed by atoms with Gasteiger partial charge in [0.15, 0.2) is 5.78 Å². The van der Waals surface area contributed by atoms with Gasteiger partial charge in [0.1, 0.15) is 0 Å². The van der Waals surface area contributed by atoms with Gasteiger partial charge in [-0.3, -0.25) is 4.79 Å². The second-order valence-electron chi connectivity index (χ2n) is 7.26. The normalized spacial score (nSPS) is 15.7. The van der Waals surface area contributed by atoms with E-state index >= 15 is 0 Å². The fraction of sp³-hybridized carbons (Fsp3) is 0.208. The summed E-state index contributed by atoms with van der Waals surface area (Å²) in [5.41, 5.74) is 5.50. The lowest BCUT2D eigenvalue weighted by Crippen LogP contribution is -2.16. The smallest absolute Gasteiger partial charge is 0.174 e. The van der Waals surface area contributed by atoms with Gasteiger partial charge in [0, 0.05) is 22.8 Å². The summed E-state index contributed by atoms with van der Waals surface area (Å²) in [4.78, 5) is 16.9. The first-order chi connectivity index (χ1) is 13.1. The minimum atomic E-state index is -0.243. The van der Waals surface area contributed by atoms with Crippen LogP contribution in [-0.2, 0) is 12.3 Å². The molecule has 0 amide bonds. The fourth-order valence-corrected chi connectivity index (χ4v) is 4.81. The Balaban J connectivity index is 1.77. The zero-order valence-electron chi connectivity index (χ0n) is 15.7. The van der Waals surface area contributed by atoms with Crippen molar-refractivity contribution in [1.82, 2.24) is 4.90 Å². The molecule has 3 heteroatoms. The van der Waals surface area contributed by atoms with Gasteiger partial charge in [-0.2, -0.15) is 0 Å². The van der Waals surface area contributed by atoms with E-state index in [-0.39, 0.29) is 11.7 Å². The number of hydrogen-bond donors (Lipinski definition) is 0. The second-order valence-corrected chi connectivity index (χ2v) is 8.27. The maximum atomic E-state index is 13.6. The summed E-state index contributed by atoms with van der Waals surface area (Å²) < 4.78 is 0. The number of hydrogen-bond acceptors (Lipinski definition) is 3. The third-order valence-corrected chi connectivity index (χ3v) is 6.12. The molecule has 1 atom stereocenters. The predicted octanol–water partition coefficient (Wildman–Crippen LogP) is 5.37. The predicted molar refractivity (Wildman–Crippen MR) is 112 cm³/mol. The van der Waals surface area contributed by atoms with Crippen LogP contribution in [0.25, 0.3) is 0 Å². The van der Waals surface area contributed by atoms with E-state index in [1.807, 2.05) is 36.0 Å². The van der Waals surface area contributed by atoms with Crippen molar-refractivity contribution in [2.45, 2.75) is 23.1 Å². The molecular formula is C24H23NOS. The number of carbonyl (C=O) groups is 1. The lowest BCUT2D eigenvalue weighted by molar-refractivity contribution is 0.0973. The largest absolute Gasteiger partial charge is 0.305 e. The van der Waals surface area contributed by atoms with E-state index in [2.05, 4.69) is 67.5 Å². The Morgan fingerprint density at radius 3 is 2.33 bits per heavy atom. The van der Waals surface area contributed by atoms with Gasteiger partial charge in [0.05, 0.1) is 5.92 Å². The first-order valence-electron chi connectivity index (χ1n) is 9.21. The van der Waals surface area contributed by atoms with E-state index in [0.717, 1.165) is 29.0 Å². The Bertz CT molecular complexity index is 915. The third-order valence-electron chi connectivity index (χ3n) is 4.98. The minimum Gasteiger partial charge on any atom is -0.305 e. The zero-order valence-corrected chi connectivity index (χ0v) is 16.5. The molecule has 4 rings (SSSR count). The average Bonchev–Trinajstić information content (AvgIpc) is 2.84. The molecule has 0 fully saturated rings. The van der Waals surface area contributed by atoms with Crippen molar-refractivity contribution >= 4 is 17.5 Å². The highest BCUT2D eigenvalue weighted by molar-refractivity contribution is 7.98. The second kappa shape index (κ2) is 7.71. The topological polar surface area (TPSA) is 20.3 Å². The van der Waals surface area contributed by atoms with Crippen LogP contribution in [0.4, 0.5) is 0 Å². The maximum Gasteiger partial charge on any atom is 0.174 e. The third kappa shape index (κ3) is 3.71. The highest BCUT2D eigenvalue weighted by atomic mass is 32.2. The molecule has 0 radical (unpaired) electrons. The molecule has 0 N–H and O–H groups in total. The summed E-state index contributed by atoms with van der Waals surface area (Å²) in [6, 6.07) is 24.8. The van der Waals surface area contributed by atoms with Crippen LogP contribution >= 0.6 is 11.8 Å². The number of nitrogens with zero attached hydrogens (tertiary/aromatic N) is 1. The van der Waals surface area contributed by atoms with Gasteiger partial charge < -0.3 is 4.90 Å². The Labute approximate surface area is 165 Å². The Morgan fingerprint density at radius 1 is 0.926 bits per heavy atom. The molecule has 0 bridgehead atoms. The van der Waals surface area contributed by atoms with Gasteiger partial charge in [-0.15, -0.1) is 11.8 Å². The summed E-state index contributed by atoms with van der Waals surface area (Å²) in [7, 11) is 4.10. The van der Waals surface area contributed by atoms with Gasteiger partial charge in [-0.1, -0.05) is 66.7 Å². The lowest BCUT2D eigenvalue weighted by Gasteiger charge is -2.19. The Morgan fingerprint density at radius 2 is 1.59 bits per heavy atom. The van der Waals surface area contributed by atoms with Crippen molar-refractivity contribution in [3.8, 4) is 0 Å². The van der Waals surface area contributed by atoms with Crippen molar-refractivity contribution in [3.63, 3.8) is 0 Å². The van der Waals surface area contributed by atoms with Crippen molar-refractivity contribution in [2.75, 3.05) is 14.1 Å². The number of carbonyl (C=O) groups excluding carboxylic acids is 1. The molecule has 3 aromatic rings. The summed E-state index contributed by atoms with van der Waals surface area (Å²) in [5, 5.41) is 0. The zero-order chi connectivity index (χ0) is 18.8. The summed E-state index contributed by atoms with van der Waals surface area (Å²) in [6.07, 6.45) is 0. The van der Waals surface area contributed by atoms with Gasteiger partial charge in [-0.25, -0.2) is 0 Å². The van der Waals surface area contributed by atoms with Crippen LogP contribution in [0, 0.1) is 0 Å². The molecule has 1 aliphatic heterocycles. The lowest BCUT2D eigenvalue weighted by atomic mass is 9.83. The van der Waals surface area contributed by atoms with E-state index in [9.17, 15) is 4.79 Å². The van der Waals surface area contributed by atoms with Crippen LogP contribution in [0.3, 0.4) is 0 Å². The van der Waals surface area contributed by atoms with E-state index in [0.29, 0.717) is 0 Å². The van der Waals surface area contributed by atoms with Crippen LogP contribution in [0.5, 0.6) is 0 Å². The number of thioether (sulfide) groups is 1. The van der Waals surface area contributed by atoms with Crippen LogP contribution < -0.4 is 0 Å². The van der Waals surface area contributed by atoms with Crippen LogP contribution in [-0.4, -0.2) is 24.8 Å². The summed E-state index contributed by atoms with van der Waals surface area (Å²) in [6.45, 7) is 0.875. The van der Waals surface area contributed by atoms with E-state index in [1.54, 1.807) is 0 Å². The van der Waals surface area contributed by atoms with Crippen molar-refractivity contribution in [1.29, 1.82) is 0 Å². The van der Waals surface area contributed by atoms with Crippen LogP contribution in [0.2, 0.25) is 0 Å². The molecule has 0 saturated carbocycles. The van der Waals surface area contributed by atoms with E-state index < -0.39 is 0 Å². The highest BCUT2D eigenvalue weighted by Gasteiger charge is 2.30. The molecule has 1 unspecified atom stereocenters. The first kappa shape index (κ1) is 18.0. The van der Waals surface area contributed by atoms with Crippen molar-refractivity contribution in [3.05, 3.63) is 101 Å². The van der Waals surface area contributed by atoms with E-state index in [4.69, 9.17) is 0 Å². The number of fused-ring (bicyclic) bond motifs is 2. The van der Waals surface area contributed by atoms with Gasteiger partial charge in [0.2, 0.25) is 0 Å². The van der Waals surface area contributed by atoms with Gasteiger partial charge >= 0.3 is 0 Å². The van der Waals surface area contributed by atoms with Crippen molar-refractivity contribution in [2.24, 2.45) is 0 Å². The van der Waals surface area contributed by atoms with Gasteiger partial charge in [0.25, 0.3) is 0 Å². The quantitative estimate of drug-likeness (QED) is 0.574. The first-order valence-corrected chi connectivity index (χ1v) is 10.2. The molecule has 136 valence electrons. The standard InChI is InChI=1S/C24H23NOS/c1-25(2)15-17-11-13-18(14-12-17)24(26)23-20-8-4-3-7-19(20)16-27-22-10-6-5-9-21(22)23/h3-14,23H,15-16H2,1-2H3. The molecule has 0 aromatic heterocycles. The molecule has 27 heavy (non-hydrogen) atoms. The molecule has 2 nitrogen and oxygen atoms in total. The van der Waals surface area contributed by atoms with Crippen LogP contribution in [0.15, 0.2) is 77.7 Å². The van der Waals surface area contributed by atoms with Crippen molar-refractivity contribution < 1.29 is 4.79 Å². The molecule has 3 aromatic carbocycles. The summed E-state index contributed by atoms with van der Waals surface area (Å²) >= 11 is 1.82. The van der Waals surface area contributed by atoms with Crippen LogP contribution in [0.1, 0.15) is 38.5 Å². The molecule has 0 aliphatic carbocycles. The average molecular weight is 374 g/mol. The summed E-state index contributed by atoms with van der Waals surface area (Å²) in [5.74, 6) is 0.833. The Kier molecular flexibility index (Phi) is 5.15. The highest BCUT2D eigenvalue weighted by Crippen LogP contribution is 2.41. The molecule has 1 heterocycles.